The topological polar surface area (TPSA) is 38.7 Å². The third-order valence-electron chi connectivity index (χ3n) is 8.25. The lowest BCUT2D eigenvalue weighted by molar-refractivity contribution is -0.152. The van der Waals surface area contributed by atoms with E-state index in [2.05, 4.69) is 66.7 Å². The maximum Gasteiger partial charge on any atom is 0.310 e. The highest BCUT2D eigenvalue weighted by Crippen LogP contribution is 2.70. The molecule has 0 aliphatic heterocycles. The van der Waals surface area contributed by atoms with Gasteiger partial charge >= 0.3 is 5.97 Å². The van der Waals surface area contributed by atoms with Gasteiger partial charge in [0.1, 0.15) is 0 Å². The van der Waals surface area contributed by atoms with Crippen molar-refractivity contribution in [2.24, 2.45) is 33.6 Å². The first-order valence-electron chi connectivity index (χ1n) is 10.5. The van der Waals surface area contributed by atoms with Gasteiger partial charge < -0.3 is 4.74 Å². The lowest BCUT2D eigenvalue weighted by atomic mass is 9.61. The highest BCUT2D eigenvalue weighted by Gasteiger charge is 2.67. The molecule has 5 atom stereocenters. The van der Waals surface area contributed by atoms with Crippen LogP contribution >= 0.6 is 0 Å². The molecule has 1 fully saturated rings. The number of allylic oxidation sites excluding steroid dienone is 2. The molecule has 3 nitrogen and oxygen atoms in total. The van der Waals surface area contributed by atoms with E-state index in [0.717, 1.165) is 12.1 Å². The first-order chi connectivity index (χ1) is 13.1. The summed E-state index contributed by atoms with van der Waals surface area (Å²) in [6, 6.07) is 6.24. The van der Waals surface area contributed by atoms with E-state index < -0.39 is 0 Å². The second kappa shape index (κ2) is 7.17. The summed E-state index contributed by atoms with van der Waals surface area (Å²) in [5.41, 5.74) is 6.00. The first-order valence-corrected chi connectivity index (χ1v) is 10.5. The van der Waals surface area contributed by atoms with Gasteiger partial charge in [-0.2, -0.15) is 0 Å². The number of aliphatic imine (C=N–C) groups is 1. The summed E-state index contributed by atoms with van der Waals surface area (Å²) in [7, 11) is 0. The molecule has 0 aromatic heterocycles. The van der Waals surface area contributed by atoms with Crippen molar-refractivity contribution >= 4 is 17.9 Å². The molecule has 152 valence electrons. The van der Waals surface area contributed by atoms with E-state index in [1.807, 2.05) is 13.1 Å². The van der Waals surface area contributed by atoms with Crippen molar-refractivity contribution in [3.63, 3.8) is 0 Å². The smallest absolute Gasteiger partial charge is 0.310 e. The van der Waals surface area contributed by atoms with Gasteiger partial charge in [0.05, 0.1) is 18.2 Å². The SMILES string of the molecule is CCOC(=O)C1C(C=Nc2c(C)cccc2C)CC2(C)C(C)C(C)=C(C)C12C. The predicted molar refractivity (Wildman–Crippen MR) is 116 cm³/mol. The molecular weight excluding hydrogens is 346 g/mol. The number of ether oxygens (including phenoxy) is 1. The molecule has 3 rings (SSSR count). The van der Waals surface area contributed by atoms with E-state index in [1.165, 1.54) is 22.3 Å². The van der Waals surface area contributed by atoms with Crippen LogP contribution in [0.5, 0.6) is 0 Å². The number of para-hydroxylation sites is 1. The standard InChI is InChI=1S/C25H35NO2/c1-9-28-23(27)21-20(14-26-22-15(2)11-10-12-16(22)3)13-24(7)18(5)17(4)19(6)25(21,24)8/h10-12,14,18,20-21H,9,13H2,1-8H3. The van der Waals surface area contributed by atoms with Crippen molar-refractivity contribution in [3.05, 3.63) is 40.5 Å². The number of hydrogen-bond acceptors (Lipinski definition) is 3. The largest absolute Gasteiger partial charge is 0.466 e. The summed E-state index contributed by atoms with van der Waals surface area (Å²) in [6.45, 7) is 17.9. The minimum Gasteiger partial charge on any atom is -0.466 e. The van der Waals surface area contributed by atoms with E-state index in [4.69, 9.17) is 9.73 Å². The number of esters is 1. The van der Waals surface area contributed by atoms with Gasteiger partial charge in [0.25, 0.3) is 0 Å². The van der Waals surface area contributed by atoms with Crippen LogP contribution in [0.1, 0.15) is 59.1 Å². The molecular formula is C25H35NO2. The average molecular weight is 382 g/mol. The van der Waals surface area contributed by atoms with Crippen LogP contribution in [0.2, 0.25) is 0 Å². The minimum atomic E-state index is -0.194. The summed E-state index contributed by atoms with van der Waals surface area (Å²) in [5, 5.41) is 0. The van der Waals surface area contributed by atoms with Crippen molar-refractivity contribution in [1.29, 1.82) is 0 Å². The molecule has 0 saturated heterocycles. The van der Waals surface area contributed by atoms with Gasteiger partial charge in [-0.15, -0.1) is 0 Å². The summed E-state index contributed by atoms with van der Waals surface area (Å²) >= 11 is 0. The Balaban J connectivity index is 2.07. The van der Waals surface area contributed by atoms with E-state index in [-0.39, 0.29) is 28.6 Å². The number of carbonyl (C=O) groups excluding carboxylic acids is 1. The van der Waals surface area contributed by atoms with Crippen molar-refractivity contribution < 1.29 is 9.53 Å². The van der Waals surface area contributed by atoms with E-state index in [0.29, 0.717) is 12.5 Å². The van der Waals surface area contributed by atoms with Crippen LogP contribution in [-0.2, 0) is 9.53 Å². The lowest BCUT2D eigenvalue weighted by Gasteiger charge is -2.42. The molecule has 1 saturated carbocycles. The van der Waals surface area contributed by atoms with Gasteiger partial charge in [0.15, 0.2) is 0 Å². The number of benzene rings is 1. The minimum absolute atomic E-state index is 0.0378. The van der Waals surface area contributed by atoms with Crippen LogP contribution in [0, 0.1) is 42.4 Å². The molecule has 1 aromatic carbocycles. The number of carbonyl (C=O) groups is 1. The van der Waals surface area contributed by atoms with Crippen molar-refractivity contribution in [3.8, 4) is 0 Å². The van der Waals surface area contributed by atoms with Crippen LogP contribution in [0.4, 0.5) is 5.69 Å². The van der Waals surface area contributed by atoms with E-state index in [1.54, 1.807) is 0 Å². The monoisotopic (exact) mass is 381 g/mol. The third kappa shape index (κ3) is 2.77. The lowest BCUT2D eigenvalue weighted by Crippen LogP contribution is -2.41. The molecule has 0 heterocycles. The zero-order chi connectivity index (χ0) is 20.9. The Morgan fingerprint density at radius 2 is 1.82 bits per heavy atom. The Bertz CT molecular complexity index is 832. The quantitative estimate of drug-likeness (QED) is 0.354. The summed E-state index contributed by atoms with van der Waals surface area (Å²) in [5.74, 6) is 0.268. The molecule has 2 aliphatic carbocycles. The second-order valence-electron chi connectivity index (χ2n) is 9.27. The van der Waals surface area contributed by atoms with Crippen LogP contribution < -0.4 is 0 Å². The van der Waals surface area contributed by atoms with Gasteiger partial charge in [-0.3, -0.25) is 9.79 Å². The van der Waals surface area contributed by atoms with Gasteiger partial charge in [0.2, 0.25) is 0 Å². The molecule has 0 N–H and O–H groups in total. The number of nitrogens with zero attached hydrogens (tertiary/aromatic N) is 1. The van der Waals surface area contributed by atoms with Gasteiger partial charge in [-0.1, -0.05) is 50.1 Å². The molecule has 0 amide bonds. The van der Waals surface area contributed by atoms with Gasteiger partial charge in [-0.05, 0) is 63.5 Å². The first kappa shape index (κ1) is 20.8. The fourth-order valence-corrected chi connectivity index (χ4v) is 6.06. The van der Waals surface area contributed by atoms with Crippen LogP contribution in [0.3, 0.4) is 0 Å². The number of fused-ring (bicyclic) bond motifs is 1. The highest BCUT2D eigenvalue weighted by atomic mass is 16.5. The molecule has 0 bridgehead atoms. The van der Waals surface area contributed by atoms with Gasteiger partial charge in [-0.25, -0.2) is 0 Å². The summed E-state index contributed by atoms with van der Waals surface area (Å²) in [4.78, 5) is 18.0. The molecule has 5 unspecified atom stereocenters. The molecule has 1 aromatic rings. The predicted octanol–water partition coefficient (Wildman–Crippen LogP) is 6.20. The zero-order valence-corrected chi connectivity index (χ0v) is 18.7. The van der Waals surface area contributed by atoms with E-state index in [9.17, 15) is 4.79 Å². The molecule has 3 heteroatoms. The third-order valence-corrected chi connectivity index (χ3v) is 8.25. The maximum atomic E-state index is 13.1. The molecule has 28 heavy (non-hydrogen) atoms. The summed E-state index contributed by atoms with van der Waals surface area (Å²) in [6.07, 6.45) is 3.00. The molecule has 0 spiro atoms. The van der Waals surface area contributed by atoms with Crippen molar-refractivity contribution in [2.45, 2.75) is 61.8 Å². The van der Waals surface area contributed by atoms with E-state index >= 15 is 0 Å². The fourth-order valence-electron chi connectivity index (χ4n) is 6.06. The zero-order valence-electron chi connectivity index (χ0n) is 18.7. The fraction of sp³-hybridized carbons (Fsp3) is 0.600. The summed E-state index contributed by atoms with van der Waals surface area (Å²) < 4.78 is 5.57. The number of hydrogen-bond donors (Lipinski definition) is 0. The van der Waals surface area contributed by atoms with Crippen molar-refractivity contribution in [1.82, 2.24) is 0 Å². The molecule has 2 aliphatic rings. The second-order valence-corrected chi connectivity index (χ2v) is 9.27. The Morgan fingerprint density at radius 3 is 2.39 bits per heavy atom. The Labute approximate surface area is 170 Å². The average Bonchev–Trinajstić information content (AvgIpc) is 2.94. The van der Waals surface area contributed by atoms with Crippen LogP contribution in [0.15, 0.2) is 34.3 Å². The maximum absolute atomic E-state index is 13.1. The normalized spacial score (nSPS) is 34.9. The van der Waals surface area contributed by atoms with Gasteiger partial charge in [0, 0.05) is 17.5 Å². The highest BCUT2D eigenvalue weighted by molar-refractivity contribution is 5.82. The Morgan fingerprint density at radius 1 is 1.21 bits per heavy atom. The number of aryl methyl sites for hydroxylation is 2. The molecule has 0 radical (unpaired) electrons. The Kier molecular flexibility index (Phi) is 5.33. The Hall–Kier alpha value is -1.90. The number of rotatable bonds is 4. The van der Waals surface area contributed by atoms with Crippen molar-refractivity contribution in [2.75, 3.05) is 6.61 Å². The van der Waals surface area contributed by atoms with Crippen LogP contribution in [-0.4, -0.2) is 18.8 Å². The van der Waals surface area contributed by atoms with Crippen LogP contribution in [0.25, 0.3) is 0 Å².